The number of methoxy groups -OCH3 is 1. The number of nitrogens with one attached hydrogen (secondary N) is 1. The van der Waals surface area contributed by atoms with Crippen molar-refractivity contribution < 1.29 is 23.5 Å². The highest BCUT2D eigenvalue weighted by atomic mass is 16.5. The summed E-state index contributed by atoms with van der Waals surface area (Å²) in [5, 5.41) is 2.82. The number of primary amides is 1. The monoisotopic (exact) mass is 318 g/mol. The molecule has 0 unspecified atom stereocenters. The first kappa shape index (κ1) is 16.4. The first-order valence-corrected chi connectivity index (χ1v) is 6.94. The van der Waals surface area contributed by atoms with E-state index in [9.17, 15) is 9.59 Å². The van der Waals surface area contributed by atoms with Crippen molar-refractivity contribution in [2.75, 3.05) is 13.7 Å². The molecule has 0 radical (unpaired) electrons. The molecule has 0 aliphatic carbocycles. The van der Waals surface area contributed by atoms with Crippen LogP contribution in [0.3, 0.4) is 0 Å². The van der Waals surface area contributed by atoms with Gasteiger partial charge < -0.3 is 24.9 Å². The van der Waals surface area contributed by atoms with Crippen LogP contribution in [0.15, 0.2) is 41.0 Å². The highest BCUT2D eigenvalue weighted by Gasteiger charge is 2.16. The molecular weight excluding hydrogens is 300 g/mol. The standard InChI is InChI=1S/C16H18N2O5/c1-10(12-4-3-7-22-12)18-16(20)11-5-6-13(14(8-11)21-2)23-9-15(17)19/h3-8,10H,9H2,1-2H3,(H2,17,19)(H,18,20)/t10-/m0/s1. The lowest BCUT2D eigenvalue weighted by Gasteiger charge is -2.14. The van der Waals surface area contributed by atoms with Crippen molar-refractivity contribution in [3.05, 3.63) is 47.9 Å². The Labute approximate surface area is 133 Å². The Morgan fingerprint density at radius 1 is 1.30 bits per heavy atom. The van der Waals surface area contributed by atoms with Gasteiger partial charge in [0.1, 0.15) is 5.76 Å². The second-order valence-corrected chi connectivity index (χ2v) is 4.83. The van der Waals surface area contributed by atoms with Gasteiger partial charge in [-0.2, -0.15) is 0 Å². The van der Waals surface area contributed by atoms with E-state index in [1.165, 1.54) is 13.2 Å². The molecule has 122 valence electrons. The maximum atomic E-state index is 12.3. The van der Waals surface area contributed by atoms with Gasteiger partial charge in [-0.15, -0.1) is 0 Å². The number of rotatable bonds is 7. The molecule has 0 saturated heterocycles. The molecule has 0 aliphatic rings. The zero-order valence-electron chi connectivity index (χ0n) is 12.9. The van der Waals surface area contributed by atoms with Gasteiger partial charge in [-0.25, -0.2) is 0 Å². The highest BCUT2D eigenvalue weighted by molar-refractivity contribution is 5.95. The summed E-state index contributed by atoms with van der Waals surface area (Å²) >= 11 is 0. The molecule has 2 amide bonds. The SMILES string of the molecule is COc1cc(C(=O)N[C@@H](C)c2ccco2)ccc1OCC(N)=O. The Morgan fingerprint density at radius 2 is 2.09 bits per heavy atom. The topological polar surface area (TPSA) is 104 Å². The number of carbonyl (C=O) groups is 2. The van der Waals surface area contributed by atoms with Gasteiger partial charge in [0.25, 0.3) is 11.8 Å². The van der Waals surface area contributed by atoms with Gasteiger partial charge in [-0.1, -0.05) is 0 Å². The fourth-order valence-electron chi connectivity index (χ4n) is 1.97. The normalized spacial score (nSPS) is 11.6. The minimum atomic E-state index is -0.596. The number of carbonyl (C=O) groups excluding carboxylic acids is 2. The van der Waals surface area contributed by atoms with Crippen molar-refractivity contribution in [2.45, 2.75) is 13.0 Å². The van der Waals surface area contributed by atoms with E-state index in [1.54, 1.807) is 30.5 Å². The smallest absolute Gasteiger partial charge is 0.255 e. The van der Waals surface area contributed by atoms with Gasteiger partial charge in [-0.3, -0.25) is 9.59 Å². The molecule has 1 heterocycles. The zero-order chi connectivity index (χ0) is 16.8. The lowest BCUT2D eigenvalue weighted by Crippen LogP contribution is -2.26. The molecule has 0 fully saturated rings. The molecule has 1 aromatic heterocycles. The number of hydrogen-bond donors (Lipinski definition) is 2. The van der Waals surface area contributed by atoms with Gasteiger partial charge in [0.2, 0.25) is 0 Å². The van der Waals surface area contributed by atoms with Crippen molar-refractivity contribution in [1.82, 2.24) is 5.32 Å². The van der Waals surface area contributed by atoms with Gasteiger partial charge in [0.05, 0.1) is 19.4 Å². The molecule has 7 nitrogen and oxygen atoms in total. The Bertz CT molecular complexity index is 682. The van der Waals surface area contributed by atoms with Crippen LogP contribution < -0.4 is 20.5 Å². The molecule has 1 atom stereocenters. The number of furan rings is 1. The summed E-state index contributed by atoms with van der Waals surface area (Å²) in [6, 6.07) is 7.92. The van der Waals surface area contributed by atoms with Crippen molar-refractivity contribution in [1.29, 1.82) is 0 Å². The molecule has 1 aromatic carbocycles. The Morgan fingerprint density at radius 3 is 2.70 bits per heavy atom. The Balaban J connectivity index is 2.10. The van der Waals surface area contributed by atoms with E-state index in [2.05, 4.69) is 5.32 Å². The summed E-state index contributed by atoms with van der Waals surface area (Å²) in [7, 11) is 1.44. The van der Waals surface area contributed by atoms with Gasteiger partial charge in [-0.05, 0) is 37.3 Å². The van der Waals surface area contributed by atoms with Gasteiger partial charge in [0.15, 0.2) is 18.1 Å². The van der Waals surface area contributed by atoms with Crippen molar-refractivity contribution in [2.24, 2.45) is 5.73 Å². The molecule has 0 aliphatic heterocycles. The first-order chi connectivity index (χ1) is 11.0. The van der Waals surface area contributed by atoms with E-state index >= 15 is 0 Å². The van der Waals surface area contributed by atoms with Gasteiger partial charge >= 0.3 is 0 Å². The molecule has 2 rings (SSSR count). The zero-order valence-corrected chi connectivity index (χ0v) is 12.9. The summed E-state index contributed by atoms with van der Waals surface area (Å²) in [4.78, 5) is 23.0. The van der Waals surface area contributed by atoms with E-state index < -0.39 is 5.91 Å². The van der Waals surface area contributed by atoms with Crippen LogP contribution >= 0.6 is 0 Å². The van der Waals surface area contributed by atoms with Crippen molar-refractivity contribution in [3.8, 4) is 11.5 Å². The molecule has 2 aromatic rings. The van der Waals surface area contributed by atoms with Gasteiger partial charge in [0, 0.05) is 5.56 Å². The summed E-state index contributed by atoms with van der Waals surface area (Å²) in [6.45, 7) is 1.55. The van der Waals surface area contributed by atoms with Crippen molar-refractivity contribution >= 4 is 11.8 Å². The van der Waals surface area contributed by atoms with E-state index in [0.717, 1.165) is 0 Å². The van der Waals surface area contributed by atoms with Crippen LogP contribution in [0.2, 0.25) is 0 Å². The molecule has 7 heteroatoms. The fourth-order valence-corrected chi connectivity index (χ4v) is 1.97. The average Bonchev–Trinajstić information content (AvgIpc) is 3.07. The third-order valence-electron chi connectivity index (χ3n) is 3.11. The summed E-state index contributed by atoms with van der Waals surface area (Å²) < 4.78 is 15.6. The minimum absolute atomic E-state index is 0.266. The van der Waals surface area contributed by atoms with Crippen LogP contribution in [-0.2, 0) is 4.79 Å². The van der Waals surface area contributed by atoms with E-state index in [-0.39, 0.29) is 18.6 Å². The molecule has 3 N–H and O–H groups in total. The van der Waals surface area contributed by atoms with Crippen LogP contribution in [0.5, 0.6) is 11.5 Å². The Kier molecular flexibility index (Phi) is 5.24. The van der Waals surface area contributed by atoms with E-state index in [4.69, 9.17) is 19.6 Å². The largest absolute Gasteiger partial charge is 0.493 e. The van der Waals surface area contributed by atoms with Crippen LogP contribution in [0.1, 0.15) is 29.1 Å². The number of amides is 2. The van der Waals surface area contributed by atoms with E-state index in [1.807, 2.05) is 6.92 Å². The molecule has 0 bridgehead atoms. The second kappa shape index (κ2) is 7.35. The summed E-state index contributed by atoms with van der Waals surface area (Å²) in [6.07, 6.45) is 1.55. The summed E-state index contributed by atoms with van der Waals surface area (Å²) in [5.41, 5.74) is 5.43. The van der Waals surface area contributed by atoms with Crippen LogP contribution in [0.25, 0.3) is 0 Å². The third kappa shape index (κ3) is 4.26. The fraction of sp³-hybridized carbons (Fsp3) is 0.250. The predicted molar refractivity (Wildman–Crippen MR) is 82.3 cm³/mol. The molecular formula is C16H18N2O5. The highest BCUT2D eigenvalue weighted by Crippen LogP contribution is 2.28. The maximum Gasteiger partial charge on any atom is 0.255 e. The van der Waals surface area contributed by atoms with Crippen molar-refractivity contribution in [3.63, 3.8) is 0 Å². The Hall–Kier alpha value is -2.96. The summed E-state index contributed by atoms with van der Waals surface area (Å²) in [5.74, 6) is 0.452. The number of nitrogens with two attached hydrogens (primary N) is 1. The lowest BCUT2D eigenvalue weighted by atomic mass is 10.1. The number of benzene rings is 1. The first-order valence-electron chi connectivity index (χ1n) is 6.94. The molecule has 23 heavy (non-hydrogen) atoms. The third-order valence-corrected chi connectivity index (χ3v) is 3.11. The van der Waals surface area contributed by atoms with Crippen LogP contribution in [0, 0.1) is 0 Å². The minimum Gasteiger partial charge on any atom is -0.493 e. The lowest BCUT2D eigenvalue weighted by molar-refractivity contribution is -0.119. The quantitative estimate of drug-likeness (QED) is 0.807. The van der Waals surface area contributed by atoms with Crippen LogP contribution in [0.4, 0.5) is 0 Å². The van der Waals surface area contributed by atoms with Crippen LogP contribution in [-0.4, -0.2) is 25.5 Å². The molecule has 0 spiro atoms. The maximum absolute atomic E-state index is 12.3. The average molecular weight is 318 g/mol. The number of hydrogen-bond acceptors (Lipinski definition) is 5. The predicted octanol–water partition coefficient (Wildman–Crippen LogP) is 1.64. The number of ether oxygens (including phenoxy) is 2. The molecule has 0 saturated carbocycles. The second-order valence-electron chi connectivity index (χ2n) is 4.83. The van der Waals surface area contributed by atoms with E-state index in [0.29, 0.717) is 22.8 Å².